The topological polar surface area (TPSA) is 46.5 Å². The normalized spacial score (nSPS) is 10.4. The first-order valence-corrected chi connectivity index (χ1v) is 6.12. The molecular formula is C16H15FO3. The Morgan fingerprint density at radius 3 is 2.20 bits per heavy atom. The van der Waals surface area contributed by atoms with Crippen LogP contribution in [0.4, 0.5) is 4.39 Å². The zero-order valence-corrected chi connectivity index (χ0v) is 11.5. The smallest absolute Gasteiger partial charge is 0.335 e. The van der Waals surface area contributed by atoms with E-state index in [1.165, 1.54) is 12.1 Å². The minimum absolute atomic E-state index is 0.0618. The minimum Gasteiger partial charge on any atom is -0.496 e. The third kappa shape index (κ3) is 2.50. The molecule has 0 atom stereocenters. The van der Waals surface area contributed by atoms with Crippen LogP contribution in [0.5, 0.6) is 5.75 Å². The Balaban J connectivity index is 2.55. The Bertz CT molecular complexity index is 654. The summed E-state index contributed by atoms with van der Waals surface area (Å²) in [4.78, 5) is 10.8. The first-order chi connectivity index (χ1) is 9.43. The maximum absolute atomic E-state index is 14.0. The molecule has 1 N–H and O–H groups in total. The van der Waals surface area contributed by atoms with Crippen molar-refractivity contribution in [3.8, 4) is 16.9 Å². The number of aryl methyl sites for hydroxylation is 2. The molecule has 0 radical (unpaired) electrons. The molecule has 2 aromatic rings. The number of benzene rings is 2. The Morgan fingerprint density at radius 2 is 1.75 bits per heavy atom. The van der Waals surface area contributed by atoms with Crippen LogP contribution >= 0.6 is 0 Å². The highest BCUT2D eigenvalue weighted by Gasteiger charge is 2.12. The molecule has 0 amide bonds. The molecular weight excluding hydrogens is 259 g/mol. The second kappa shape index (κ2) is 5.33. The Kier molecular flexibility index (Phi) is 3.74. The van der Waals surface area contributed by atoms with Crippen LogP contribution in [0.2, 0.25) is 0 Å². The molecule has 0 unspecified atom stereocenters. The van der Waals surface area contributed by atoms with Gasteiger partial charge in [0.25, 0.3) is 0 Å². The fourth-order valence-electron chi connectivity index (χ4n) is 2.31. The van der Waals surface area contributed by atoms with Gasteiger partial charge in [0.15, 0.2) is 0 Å². The number of aromatic carboxylic acids is 1. The van der Waals surface area contributed by atoms with Crippen LogP contribution < -0.4 is 4.74 Å². The summed E-state index contributed by atoms with van der Waals surface area (Å²) in [6.07, 6.45) is 0. The van der Waals surface area contributed by atoms with Crippen LogP contribution in [0.3, 0.4) is 0 Å². The molecule has 3 nitrogen and oxygen atoms in total. The fraction of sp³-hybridized carbons (Fsp3) is 0.188. The molecule has 0 aliphatic heterocycles. The SMILES string of the molecule is COc1c(C)cc(-c2ccc(C(=O)O)cc2F)cc1C. The maximum atomic E-state index is 14.0. The van der Waals surface area contributed by atoms with Crippen LogP contribution in [0.25, 0.3) is 11.1 Å². The summed E-state index contributed by atoms with van der Waals surface area (Å²) in [5.41, 5.74) is 2.83. The third-order valence-electron chi connectivity index (χ3n) is 3.19. The van der Waals surface area contributed by atoms with E-state index >= 15 is 0 Å². The summed E-state index contributed by atoms with van der Waals surface area (Å²) in [5, 5.41) is 8.84. The highest BCUT2D eigenvalue weighted by atomic mass is 19.1. The number of carboxylic acid groups (broad SMARTS) is 1. The number of carboxylic acids is 1. The standard InChI is InChI=1S/C16H15FO3/c1-9-6-12(7-10(2)15(9)20-3)13-5-4-11(16(18)19)8-14(13)17/h4-8H,1-3H3,(H,18,19). The molecule has 20 heavy (non-hydrogen) atoms. The molecule has 0 heterocycles. The Labute approximate surface area is 116 Å². The highest BCUT2D eigenvalue weighted by Crippen LogP contribution is 2.31. The zero-order valence-electron chi connectivity index (χ0n) is 11.5. The van der Waals surface area contributed by atoms with E-state index in [4.69, 9.17) is 9.84 Å². The van der Waals surface area contributed by atoms with Crippen molar-refractivity contribution < 1.29 is 19.0 Å². The molecule has 0 fully saturated rings. The Morgan fingerprint density at radius 1 is 1.15 bits per heavy atom. The lowest BCUT2D eigenvalue weighted by molar-refractivity contribution is 0.0696. The van der Waals surface area contributed by atoms with Gasteiger partial charge < -0.3 is 9.84 Å². The van der Waals surface area contributed by atoms with E-state index in [0.29, 0.717) is 11.1 Å². The molecule has 2 rings (SSSR count). The molecule has 2 aromatic carbocycles. The van der Waals surface area contributed by atoms with Crippen molar-refractivity contribution in [2.24, 2.45) is 0 Å². The van der Waals surface area contributed by atoms with E-state index in [0.717, 1.165) is 22.9 Å². The van der Waals surface area contributed by atoms with Crippen LogP contribution in [-0.2, 0) is 0 Å². The molecule has 0 saturated heterocycles. The van der Waals surface area contributed by atoms with Gasteiger partial charge in [-0.2, -0.15) is 0 Å². The van der Waals surface area contributed by atoms with Crippen molar-refractivity contribution in [1.29, 1.82) is 0 Å². The van der Waals surface area contributed by atoms with Crippen molar-refractivity contribution in [3.05, 3.63) is 52.8 Å². The lowest BCUT2D eigenvalue weighted by Crippen LogP contribution is -1.98. The van der Waals surface area contributed by atoms with Gasteiger partial charge in [-0.15, -0.1) is 0 Å². The summed E-state index contributed by atoms with van der Waals surface area (Å²) >= 11 is 0. The average molecular weight is 274 g/mol. The number of halogens is 1. The summed E-state index contributed by atoms with van der Waals surface area (Å²) in [7, 11) is 1.59. The minimum atomic E-state index is -1.14. The second-order valence-corrected chi connectivity index (χ2v) is 4.64. The van der Waals surface area contributed by atoms with Gasteiger partial charge in [-0.3, -0.25) is 0 Å². The van der Waals surface area contributed by atoms with Gasteiger partial charge in [-0.1, -0.05) is 6.07 Å². The van der Waals surface area contributed by atoms with Crippen molar-refractivity contribution in [2.45, 2.75) is 13.8 Å². The van der Waals surface area contributed by atoms with Crippen LogP contribution in [0.15, 0.2) is 30.3 Å². The number of carbonyl (C=O) groups is 1. The fourth-order valence-corrected chi connectivity index (χ4v) is 2.31. The van der Waals surface area contributed by atoms with E-state index in [1.54, 1.807) is 7.11 Å². The molecule has 0 bridgehead atoms. The van der Waals surface area contributed by atoms with Crippen LogP contribution in [0.1, 0.15) is 21.5 Å². The molecule has 104 valence electrons. The summed E-state index contributed by atoms with van der Waals surface area (Å²) in [6, 6.07) is 7.57. The van der Waals surface area contributed by atoms with E-state index in [-0.39, 0.29) is 5.56 Å². The molecule has 0 spiro atoms. The van der Waals surface area contributed by atoms with Gasteiger partial charge in [-0.05, 0) is 54.8 Å². The van der Waals surface area contributed by atoms with Gasteiger partial charge in [0.2, 0.25) is 0 Å². The van der Waals surface area contributed by atoms with Crippen molar-refractivity contribution in [1.82, 2.24) is 0 Å². The average Bonchev–Trinajstić information content (AvgIpc) is 2.38. The first-order valence-electron chi connectivity index (χ1n) is 6.12. The molecule has 0 saturated carbocycles. The van der Waals surface area contributed by atoms with E-state index in [1.807, 2.05) is 26.0 Å². The summed E-state index contributed by atoms with van der Waals surface area (Å²) in [6.45, 7) is 3.78. The number of hydrogen-bond acceptors (Lipinski definition) is 2. The Hall–Kier alpha value is -2.36. The third-order valence-corrected chi connectivity index (χ3v) is 3.19. The van der Waals surface area contributed by atoms with E-state index in [2.05, 4.69) is 0 Å². The van der Waals surface area contributed by atoms with Gasteiger partial charge in [-0.25, -0.2) is 9.18 Å². The van der Waals surface area contributed by atoms with Crippen LogP contribution in [0, 0.1) is 19.7 Å². The lowest BCUT2D eigenvalue weighted by Gasteiger charge is -2.12. The monoisotopic (exact) mass is 274 g/mol. The van der Waals surface area contributed by atoms with Gasteiger partial charge in [0.1, 0.15) is 11.6 Å². The number of ether oxygens (including phenoxy) is 1. The van der Waals surface area contributed by atoms with E-state index < -0.39 is 11.8 Å². The van der Waals surface area contributed by atoms with Crippen molar-refractivity contribution in [2.75, 3.05) is 7.11 Å². The number of hydrogen-bond donors (Lipinski definition) is 1. The molecule has 0 aliphatic rings. The predicted molar refractivity (Wildman–Crippen MR) is 74.8 cm³/mol. The van der Waals surface area contributed by atoms with Crippen molar-refractivity contribution in [3.63, 3.8) is 0 Å². The molecule has 0 aliphatic carbocycles. The van der Waals surface area contributed by atoms with Gasteiger partial charge >= 0.3 is 5.97 Å². The number of methoxy groups -OCH3 is 1. The molecule has 0 aromatic heterocycles. The maximum Gasteiger partial charge on any atom is 0.335 e. The predicted octanol–water partition coefficient (Wildman–Crippen LogP) is 3.82. The van der Waals surface area contributed by atoms with E-state index in [9.17, 15) is 9.18 Å². The van der Waals surface area contributed by atoms with Gasteiger partial charge in [0, 0.05) is 5.56 Å². The second-order valence-electron chi connectivity index (χ2n) is 4.64. The van der Waals surface area contributed by atoms with Crippen LogP contribution in [-0.4, -0.2) is 18.2 Å². The quantitative estimate of drug-likeness (QED) is 0.925. The summed E-state index contributed by atoms with van der Waals surface area (Å²) in [5.74, 6) is -0.914. The number of rotatable bonds is 3. The highest BCUT2D eigenvalue weighted by molar-refractivity contribution is 5.88. The summed E-state index contributed by atoms with van der Waals surface area (Å²) < 4.78 is 19.3. The van der Waals surface area contributed by atoms with Crippen molar-refractivity contribution >= 4 is 5.97 Å². The lowest BCUT2D eigenvalue weighted by atomic mass is 9.98. The molecule has 4 heteroatoms. The first kappa shape index (κ1) is 14.1. The largest absolute Gasteiger partial charge is 0.496 e. The van der Waals surface area contributed by atoms with Gasteiger partial charge in [0.05, 0.1) is 12.7 Å². The zero-order chi connectivity index (χ0) is 14.9.